The lowest BCUT2D eigenvalue weighted by atomic mass is 10.1. The summed E-state index contributed by atoms with van der Waals surface area (Å²) in [6.45, 7) is -0.0859. The van der Waals surface area contributed by atoms with Crippen LogP contribution in [0.15, 0.2) is 84.9 Å². The van der Waals surface area contributed by atoms with Crippen molar-refractivity contribution in [1.29, 1.82) is 0 Å². The Hall–Kier alpha value is -4.32. The van der Waals surface area contributed by atoms with Gasteiger partial charge in [-0.25, -0.2) is 9.59 Å². The third-order valence-electron chi connectivity index (χ3n) is 4.85. The van der Waals surface area contributed by atoms with Gasteiger partial charge in [0.1, 0.15) is 0 Å². The van der Waals surface area contributed by atoms with Gasteiger partial charge in [-0.3, -0.25) is 0 Å². The number of fused-ring (bicyclic) bond motifs is 2. The summed E-state index contributed by atoms with van der Waals surface area (Å²) in [6.07, 6.45) is 0. The molecule has 6 heteroatoms. The summed E-state index contributed by atoms with van der Waals surface area (Å²) in [6, 6.07) is 24.4. The third-order valence-corrected chi connectivity index (χ3v) is 4.85. The molecular formula is C25H16O6. The van der Waals surface area contributed by atoms with E-state index in [9.17, 15) is 9.59 Å². The second-order valence-corrected chi connectivity index (χ2v) is 6.78. The van der Waals surface area contributed by atoms with Crippen LogP contribution in [0.5, 0.6) is 23.0 Å². The van der Waals surface area contributed by atoms with Crippen LogP contribution in [0, 0.1) is 0 Å². The number of esters is 2. The van der Waals surface area contributed by atoms with E-state index in [-0.39, 0.29) is 29.8 Å². The molecule has 0 bridgehead atoms. The molecule has 0 N–H and O–H groups in total. The van der Waals surface area contributed by atoms with Crippen molar-refractivity contribution in [2.24, 2.45) is 0 Å². The Bertz CT molecular complexity index is 1180. The lowest BCUT2D eigenvalue weighted by molar-refractivity contribution is 0.0720. The van der Waals surface area contributed by atoms with Crippen LogP contribution < -0.4 is 18.9 Å². The second kappa shape index (κ2) is 7.84. The smallest absolute Gasteiger partial charge is 0.343 e. The van der Waals surface area contributed by atoms with E-state index >= 15 is 0 Å². The van der Waals surface area contributed by atoms with Gasteiger partial charge in [0.05, 0.1) is 11.1 Å². The molecule has 31 heavy (non-hydrogen) atoms. The molecule has 5 rings (SSSR count). The number of hydrogen-bond donors (Lipinski definition) is 0. The minimum Gasteiger partial charge on any atom is -0.449 e. The predicted molar refractivity (Wildman–Crippen MR) is 113 cm³/mol. The van der Waals surface area contributed by atoms with E-state index in [1.54, 1.807) is 72.8 Å². The van der Waals surface area contributed by atoms with Crippen LogP contribution in [-0.2, 0) is 0 Å². The minimum atomic E-state index is -0.530. The maximum absolute atomic E-state index is 12.7. The standard InChI is InChI=1S/C25H16O6/c26-24(16-9-3-1-4-10-16)30-20-18-13-7-8-14-19(18)21(23-22(20)28-15-29-23)31-25(27)17-11-5-2-6-12-17/h1-14H,15H2. The molecule has 0 atom stereocenters. The zero-order valence-electron chi connectivity index (χ0n) is 16.2. The average molecular weight is 412 g/mol. The van der Waals surface area contributed by atoms with Gasteiger partial charge in [0.15, 0.2) is 11.5 Å². The molecule has 0 aliphatic carbocycles. The van der Waals surface area contributed by atoms with E-state index in [0.717, 1.165) is 0 Å². The Morgan fingerprint density at radius 3 is 1.39 bits per heavy atom. The van der Waals surface area contributed by atoms with Crippen molar-refractivity contribution in [1.82, 2.24) is 0 Å². The fraction of sp³-hybridized carbons (Fsp3) is 0.0400. The fourth-order valence-electron chi connectivity index (χ4n) is 3.39. The normalized spacial score (nSPS) is 11.9. The SMILES string of the molecule is O=C(Oc1c2c(c(OC(=O)c3ccccc3)c3ccccc13)OCO2)c1ccccc1. The first-order valence-electron chi connectivity index (χ1n) is 9.61. The Balaban J connectivity index is 1.60. The number of hydrogen-bond acceptors (Lipinski definition) is 6. The molecule has 152 valence electrons. The van der Waals surface area contributed by atoms with Crippen molar-refractivity contribution < 1.29 is 28.5 Å². The van der Waals surface area contributed by atoms with Crippen molar-refractivity contribution in [3.05, 3.63) is 96.1 Å². The molecule has 0 aromatic heterocycles. The molecule has 4 aromatic rings. The molecule has 0 amide bonds. The van der Waals surface area contributed by atoms with Gasteiger partial charge in [-0.05, 0) is 24.3 Å². The van der Waals surface area contributed by atoms with Gasteiger partial charge in [0.2, 0.25) is 18.3 Å². The molecule has 0 spiro atoms. The van der Waals surface area contributed by atoms with Crippen molar-refractivity contribution in [3.63, 3.8) is 0 Å². The lowest BCUT2D eigenvalue weighted by Gasteiger charge is -2.15. The topological polar surface area (TPSA) is 71.1 Å². The summed E-state index contributed by atoms with van der Waals surface area (Å²) in [7, 11) is 0. The van der Waals surface area contributed by atoms with Gasteiger partial charge in [0, 0.05) is 10.8 Å². The predicted octanol–water partition coefficient (Wildman–Crippen LogP) is 5.01. The Kier molecular flexibility index (Phi) is 4.72. The van der Waals surface area contributed by atoms with Gasteiger partial charge in [-0.1, -0.05) is 60.7 Å². The maximum Gasteiger partial charge on any atom is 0.343 e. The van der Waals surface area contributed by atoms with E-state index in [1.807, 2.05) is 12.1 Å². The van der Waals surface area contributed by atoms with Gasteiger partial charge in [-0.2, -0.15) is 0 Å². The van der Waals surface area contributed by atoms with Crippen molar-refractivity contribution in [2.45, 2.75) is 0 Å². The molecule has 1 aliphatic rings. The molecule has 4 aromatic carbocycles. The third kappa shape index (κ3) is 3.44. The number of ether oxygens (including phenoxy) is 4. The molecular weight excluding hydrogens is 396 g/mol. The summed E-state index contributed by atoms with van der Waals surface area (Å²) in [5.41, 5.74) is 0.803. The molecule has 0 saturated heterocycles. The van der Waals surface area contributed by atoms with E-state index in [4.69, 9.17) is 18.9 Å². The number of benzene rings is 4. The van der Waals surface area contributed by atoms with E-state index in [2.05, 4.69) is 0 Å². The fourth-order valence-corrected chi connectivity index (χ4v) is 3.39. The van der Waals surface area contributed by atoms with Crippen LogP contribution in [0.2, 0.25) is 0 Å². The first kappa shape index (κ1) is 18.7. The van der Waals surface area contributed by atoms with E-state index in [0.29, 0.717) is 21.9 Å². The van der Waals surface area contributed by atoms with E-state index < -0.39 is 11.9 Å². The Labute approximate surface area is 177 Å². The first-order chi connectivity index (χ1) is 15.2. The highest BCUT2D eigenvalue weighted by atomic mass is 16.7. The summed E-state index contributed by atoms with van der Waals surface area (Å²) >= 11 is 0. The highest BCUT2D eigenvalue weighted by Crippen LogP contribution is 2.53. The molecule has 0 unspecified atom stereocenters. The van der Waals surface area contributed by atoms with Gasteiger partial charge >= 0.3 is 11.9 Å². The van der Waals surface area contributed by atoms with Gasteiger partial charge in [0.25, 0.3) is 0 Å². The van der Waals surface area contributed by atoms with Crippen LogP contribution in [0.1, 0.15) is 20.7 Å². The summed E-state index contributed by atoms with van der Waals surface area (Å²) in [4.78, 5) is 25.4. The molecule has 0 radical (unpaired) electrons. The van der Waals surface area contributed by atoms with Crippen LogP contribution in [0.4, 0.5) is 0 Å². The van der Waals surface area contributed by atoms with Crippen LogP contribution in [-0.4, -0.2) is 18.7 Å². The molecule has 1 aliphatic heterocycles. The summed E-state index contributed by atoms with van der Waals surface area (Å²) in [5.74, 6) is -0.180. The Morgan fingerprint density at radius 1 is 0.581 bits per heavy atom. The van der Waals surface area contributed by atoms with E-state index in [1.165, 1.54) is 0 Å². The zero-order chi connectivity index (χ0) is 21.2. The van der Waals surface area contributed by atoms with Gasteiger partial charge < -0.3 is 18.9 Å². The highest BCUT2D eigenvalue weighted by molar-refractivity contribution is 6.04. The number of rotatable bonds is 4. The highest BCUT2D eigenvalue weighted by Gasteiger charge is 2.31. The van der Waals surface area contributed by atoms with Crippen molar-refractivity contribution in [3.8, 4) is 23.0 Å². The summed E-state index contributed by atoms with van der Waals surface area (Å²) < 4.78 is 22.7. The number of carbonyl (C=O) groups excluding carboxylic acids is 2. The first-order valence-corrected chi connectivity index (χ1v) is 9.61. The maximum atomic E-state index is 12.7. The summed E-state index contributed by atoms with van der Waals surface area (Å²) in [5, 5.41) is 1.12. The number of carbonyl (C=O) groups is 2. The monoisotopic (exact) mass is 412 g/mol. The largest absolute Gasteiger partial charge is 0.449 e. The van der Waals surface area contributed by atoms with Crippen LogP contribution in [0.25, 0.3) is 10.8 Å². The van der Waals surface area contributed by atoms with Crippen LogP contribution in [0.3, 0.4) is 0 Å². The molecule has 0 saturated carbocycles. The molecule has 1 heterocycles. The lowest BCUT2D eigenvalue weighted by Crippen LogP contribution is -2.11. The zero-order valence-corrected chi connectivity index (χ0v) is 16.2. The quantitative estimate of drug-likeness (QED) is 0.347. The average Bonchev–Trinajstić information content (AvgIpc) is 3.32. The van der Waals surface area contributed by atoms with Crippen LogP contribution >= 0.6 is 0 Å². The van der Waals surface area contributed by atoms with Crippen molar-refractivity contribution in [2.75, 3.05) is 6.79 Å². The second-order valence-electron chi connectivity index (χ2n) is 6.78. The van der Waals surface area contributed by atoms with Gasteiger partial charge in [-0.15, -0.1) is 0 Å². The molecule has 0 fully saturated rings. The Morgan fingerprint density at radius 2 is 0.968 bits per heavy atom. The molecule has 6 nitrogen and oxygen atoms in total. The minimum absolute atomic E-state index is 0.0859. The van der Waals surface area contributed by atoms with Crippen molar-refractivity contribution >= 4 is 22.7 Å².